The third kappa shape index (κ3) is 3.21. The number of piperidine rings is 2. The first kappa shape index (κ1) is 14.4. The lowest BCUT2D eigenvalue weighted by Crippen LogP contribution is -2.49. The number of primary amides is 1. The van der Waals surface area contributed by atoms with Gasteiger partial charge in [-0.2, -0.15) is 0 Å². The number of ether oxygens (including phenoxy) is 1. The highest BCUT2D eigenvalue weighted by atomic mass is 16.5. The van der Waals surface area contributed by atoms with Gasteiger partial charge in [-0.25, -0.2) is 0 Å². The highest BCUT2D eigenvalue weighted by molar-refractivity contribution is 5.95. The van der Waals surface area contributed by atoms with Crippen LogP contribution in [0.4, 0.5) is 0 Å². The van der Waals surface area contributed by atoms with E-state index in [1.807, 2.05) is 18.2 Å². The van der Waals surface area contributed by atoms with Crippen molar-refractivity contribution >= 4 is 5.91 Å². The summed E-state index contributed by atoms with van der Waals surface area (Å²) in [5.74, 6) is 0.770. The average molecular weight is 288 g/mol. The molecule has 1 aromatic carbocycles. The highest BCUT2D eigenvalue weighted by Gasteiger charge is 2.33. The fraction of sp³-hybridized carbons (Fsp3) is 0.588. The normalized spacial score (nSPS) is 26.1. The molecule has 4 heteroatoms. The SMILES string of the molecule is NC(=O)c1ccccc1OCC1CCCN2CCCCC12. The van der Waals surface area contributed by atoms with E-state index in [2.05, 4.69) is 4.90 Å². The van der Waals surface area contributed by atoms with Crippen molar-refractivity contribution in [3.8, 4) is 5.75 Å². The molecule has 0 aromatic heterocycles. The molecule has 3 rings (SSSR count). The van der Waals surface area contributed by atoms with Gasteiger partial charge in [0.15, 0.2) is 0 Å². The van der Waals surface area contributed by atoms with Crippen LogP contribution in [0.5, 0.6) is 5.75 Å². The van der Waals surface area contributed by atoms with Gasteiger partial charge in [0.1, 0.15) is 5.75 Å². The first-order chi connectivity index (χ1) is 10.3. The van der Waals surface area contributed by atoms with E-state index in [1.54, 1.807) is 6.07 Å². The number of carbonyl (C=O) groups is 1. The Morgan fingerprint density at radius 3 is 2.86 bits per heavy atom. The lowest BCUT2D eigenvalue weighted by Gasteiger charge is -2.44. The lowest BCUT2D eigenvalue weighted by atomic mass is 9.84. The summed E-state index contributed by atoms with van der Waals surface area (Å²) in [5, 5.41) is 0. The maximum atomic E-state index is 11.4. The Hall–Kier alpha value is -1.55. The van der Waals surface area contributed by atoms with Crippen molar-refractivity contribution in [1.29, 1.82) is 0 Å². The number of nitrogens with two attached hydrogens (primary N) is 1. The van der Waals surface area contributed by atoms with E-state index in [4.69, 9.17) is 10.5 Å². The lowest BCUT2D eigenvalue weighted by molar-refractivity contribution is 0.0364. The van der Waals surface area contributed by atoms with Gasteiger partial charge in [0.05, 0.1) is 12.2 Å². The molecule has 2 aliphatic rings. The van der Waals surface area contributed by atoms with E-state index < -0.39 is 5.91 Å². The molecule has 114 valence electrons. The molecular weight excluding hydrogens is 264 g/mol. The minimum atomic E-state index is -0.423. The van der Waals surface area contributed by atoms with E-state index in [1.165, 1.54) is 45.2 Å². The quantitative estimate of drug-likeness (QED) is 0.925. The van der Waals surface area contributed by atoms with Crippen molar-refractivity contribution in [3.05, 3.63) is 29.8 Å². The second kappa shape index (κ2) is 6.48. The molecule has 0 saturated carbocycles. The highest BCUT2D eigenvalue weighted by Crippen LogP contribution is 2.31. The minimum absolute atomic E-state index is 0.423. The number of hydrogen-bond donors (Lipinski definition) is 1. The number of hydrogen-bond acceptors (Lipinski definition) is 3. The number of amides is 1. The Morgan fingerprint density at radius 1 is 1.19 bits per heavy atom. The maximum Gasteiger partial charge on any atom is 0.252 e. The molecule has 4 nitrogen and oxygen atoms in total. The smallest absolute Gasteiger partial charge is 0.252 e. The van der Waals surface area contributed by atoms with Gasteiger partial charge in [0.25, 0.3) is 5.91 Å². The summed E-state index contributed by atoms with van der Waals surface area (Å²) < 4.78 is 5.96. The molecule has 1 aromatic rings. The molecule has 0 spiro atoms. The number of rotatable bonds is 4. The number of para-hydroxylation sites is 1. The van der Waals surface area contributed by atoms with E-state index >= 15 is 0 Å². The number of carbonyl (C=O) groups excluding carboxylic acids is 1. The summed E-state index contributed by atoms with van der Waals surface area (Å²) in [6, 6.07) is 7.92. The van der Waals surface area contributed by atoms with Crippen molar-refractivity contribution in [2.45, 2.75) is 38.1 Å². The molecular formula is C17H24N2O2. The van der Waals surface area contributed by atoms with Gasteiger partial charge < -0.3 is 10.5 Å². The largest absolute Gasteiger partial charge is 0.492 e. The van der Waals surface area contributed by atoms with Crippen LogP contribution in [0.3, 0.4) is 0 Å². The number of nitrogens with zero attached hydrogens (tertiary/aromatic N) is 1. The number of fused-ring (bicyclic) bond motifs is 1. The van der Waals surface area contributed by atoms with Crippen LogP contribution in [-0.2, 0) is 0 Å². The molecule has 2 heterocycles. The Labute approximate surface area is 126 Å². The predicted octanol–water partition coefficient (Wildman–Crippen LogP) is 2.43. The van der Waals surface area contributed by atoms with Crippen molar-refractivity contribution in [2.75, 3.05) is 19.7 Å². The van der Waals surface area contributed by atoms with Crippen LogP contribution in [0.25, 0.3) is 0 Å². The average Bonchev–Trinajstić information content (AvgIpc) is 2.53. The van der Waals surface area contributed by atoms with Crippen LogP contribution in [0.2, 0.25) is 0 Å². The zero-order valence-electron chi connectivity index (χ0n) is 12.5. The monoisotopic (exact) mass is 288 g/mol. The van der Waals surface area contributed by atoms with E-state index in [0.717, 1.165) is 0 Å². The molecule has 2 atom stereocenters. The molecule has 2 fully saturated rings. The van der Waals surface area contributed by atoms with E-state index in [-0.39, 0.29) is 0 Å². The first-order valence-electron chi connectivity index (χ1n) is 8.01. The van der Waals surface area contributed by atoms with Crippen LogP contribution < -0.4 is 10.5 Å². The summed E-state index contributed by atoms with van der Waals surface area (Å²) in [4.78, 5) is 14.1. The van der Waals surface area contributed by atoms with Gasteiger partial charge in [-0.1, -0.05) is 18.6 Å². The molecule has 0 aliphatic carbocycles. The van der Waals surface area contributed by atoms with Crippen LogP contribution in [0, 0.1) is 5.92 Å². The van der Waals surface area contributed by atoms with Crippen LogP contribution >= 0.6 is 0 Å². The summed E-state index contributed by atoms with van der Waals surface area (Å²) in [5.41, 5.74) is 5.88. The Bertz CT molecular complexity index is 501. The second-order valence-electron chi connectivity index (χ2n) is 6.17. The van der Waals surface area contributed by atoms with Gasteiger partial charge in [0.2, 0.25) is 0 Å². The second-order valence-corrected chi connectivity index (χ2v) is 6.17. The van der Waals surface area contributed by atoms with Gasteiger partial charge in [-0.15, -0.1) is 0 Å². The zero-order valence-corrected chi connectivity index (χ0v) is 12.5. The molecule has 0 bridgehead atoms. The molecule has 2 N–H and O–H groups in total. The van der Waals surface area contributed by atoms with Crippen molar-refractivity contribution in [2.24, 2.45) is 11.7 Å². The standard InChI is InChI=1S/C17H24N2O2/c18-17(20)14-7-1-2-9-16(14)21-12-13-6-5-11-19-10-4-3-8-15(13)19/h1-2,7,9,13,15H,3-6,8,10-12H2,(H2,18,20). The summed E-state index contributed by atoms with van der Waals surface area (Å²) >= 11 is 0. The molecule has 2 saturated heterocycles. The van der Waals surface area contributed by atoms with Gasteiger partial charge in [-0.3, -0.25) is 9.69 Å². The fourth-order valence-corrected chi connectivity index (χ4v) is 3.76. The zero-order chi connectivity index (χ0) is 14.7. The van der Waals surface area contributed by atoms with Crippen molar-refractivity contribution < 1.29 is 9.53 Å². The van der Waals surface area contributed by atoms with E-state index in [9.17, 15) is 4.79 Å². The van der Waals surface area contributed by atoms with Gasteiger partial charge >= 0.3 is 0 Å². The molecule has 1 amide bonds. The summed E-state index contributed by atoms with van der Waals surface area (Å²) in [7, 11) is 0. The molecule has 21 heavy (non-hydrogen) atoms. The Morgan fingerprint density at radius 2 is 2.00 bits per heavy atom. The summed E-state index contributed by atoms with van der Waals surface area (Å²) in [6.45, 7) is 3.16. The predicted molar refractivity (Wildman–Crippen MR) is 82.4 cm³/mol. The van der Waals surface area contributed by atoms with Crippen LogP contribution in [-0.4, -0.2) is 36.5 Å². The third-order valence-corrected chi connectivity index (χ3v) is 4.83. The fourth-order valence-electron chi connectivity index (χ4n) is 3.76. The number of benzene rings is 1. The van der Waals surface area contributed by atoms with E-state index in [0.29, 0.717) is 29.9 Å². The summed E-state index contributed by atoms with van der Waals surface area (Å²) in [6.07, 6.45) is 6.41. The first-order valence-corrected chi connectivity index (χ1v) is 8.01. The third-order valence-electron chi connectivity index (χ3n) is 4.83. The molecule has 2 unspecified atom stereocenters. The van der Waals surface area contributed by atoms with Gasteiger partial charge in [-0.05, 0) is 50.9 Å². The molecule has 0 radical (unpaired) electrons. The minimum Gasteiger partial charge on any atom is -0.492 e. The maximum absolute atomic E-state index is 11.4. The Balaban J connectivity index is 1.65. The topological polar surface area (TPSA) is 55.6 Å². The van der Waals surface area contributed by atoms with Crippen LogP contribution in [0.15, 0.2) is 24.3 Å². The van der Waals surface area contributed by atoms with Crippen molar-refractivity contribution in [3.63, 3.8) is 0 Å². The Kier molecular flexibility index (Phi) is 4.44. The van der Waals surface area contributed by atoms with Crippen molar-refractivity contribution in [1.82, 2.24) is 4.90 Å². The van der Waals surface area contributed by atoms with Crippen LogP contribution in [0.1, 0.15) is 42.5 Å². The molecule has 2 aliphatic heterocycles. The van der Waals surface area contributed by atoms with Gasteiger partial charge in [0, 0.05) is 12.0 Å².